The quantitative estimate of drug-likeness (QED) is 0.885. The summed E-state index contributed by atoms with van der Waals surface area (Å²) in [5, 5.41) is 2.58. The maximum absolute atomic E-state index is 14.1. The fraction of sp³-hybridized carbons (Fsp3) is 0.188. The SMILES string of the molecule is O=C1CCC(c2ccc(NC(=O)c3ccccn3)cc2F)O1. The van der Waals surface area contributed by atoms with Gasteiger partial charge in [-0.15, -0.1) is 0 Å². The molecule has 1 aliphatic rings. The summed E-state index contributed by atoms with van der Waals surface area (Å²) in [6, 6.07) is 9.27. The van der Waals surface area contributed by atoms with Crippen molar-refractivity contribution in [3.05, 3.63) is 59.7 Å². The molecule has 1 unspecified atom stereocenters. The Balaban J connectivity index is 1.75. The number of anilines is 1. The van der Waals surface area contributed by atoms with E-state index >= 15 is 0 Å². The predicted molar refractivity (Wildman–Crippen MR) is 76.7 cm³/mol. The van der Waals surface area contributed by atoms with Gasteiger partial charge in [0.2, 0.25) is 0 Å². The Morgan fingerprint density at radius 3 is 2.82 bits per heavy atom. The highest BCUT2D eigenvalue weighted by atomic mass is 19.1. The van der Waals surface area contributed by atoms with Crippen molar-refractivity contribution in [2.45, 2.75) is 18.9 Å². The average molecular weight is 300 g/mol. The van der Waals surface area contributed by atoms with Gasteiger partial charge in [0.25, 0.3) is 5.91 Å². The number of esters is 1. The first kappa shape index (κ1) is 14.2. The maximum atomic E-state index is 14.1. The standard InChI is InChI=1S/C16H13FN2O3/c17-12-9-10(19-16(21)13-3-1-2-8-18-13)4-5-11(12)14-6-7-15(20)22-14/h1-5,8-9,14H,6-7H2,(H,19,21). The predicted octanol–water partition coefficient (Wildman–Crippen LogP) is 2.85. The van der Waals surface area contributed by atoms with E-state index in [-0.39, 0.29) is 11.7 Å². The van der Waals surface area contributed by atoms with Crippen LogP contribution in [0.15, 0.2) is 42.6 Å². The minimum absolute atomic E-state index is 0.247. The van der Waals surface area contributed by atoms with Gasteiger partial charge in [-0.25, -0.2) is 4.39 Å². The number of rotatable bonds is 3. The summed E-state index contributed by atoms with van der Waals surface area (Å²) in [4.78, 5) is 27.0. The summed E-state index contributed by atoms with van der Waals surface area (Å²) in [5.74, 6) is -1.25. The third-order valence-corrected chi connectivity index (χ3v) is 3.39. The number of aromatic nitrogens is 1. The smallest absolute Gasteiger partial charge is 0.306 e. The second-order valence-corrected chi connectivity index (χ2v) is 4.92. The molecule has 1 aromatic carbocycles. The zero-order valence-corrected chi connectivity index (χ0v) is 11.6. The fourth-order valence-electron chi connectivity index (χ4n) is 2.30. The number of hydrogen-bond donors (Lipinski definition) is 1. The molecule has 1 saturated heterocycles. The van der Waals surface area contributed by atoms with Crippen molar-refractivity contribution in [1.29, 1.82) is 0 Å². The van der Waals surface area contributed by atoms with Crippen LogP contribution >= 0.6 is 0 Å². The van der Waals surface area contributed by atoms with Gasteiger partial charge in [-0.05, 0) is 30.7 Å². The summed E-state index contributed by atoms with van der Waals surface area (Å²) >= 11 is 0. The molecular weight excluding hydrogens is 287 g/mol. The summed E-state index contributed by atoms with van der Waals surface area (Å²) in [7, 11) is 0. The van der Waals surface area contributed by atoms with Crippen LogP contribution < -0.4 is 5.32 Å². The largest absolute Gasteiger partial charge is 0.457 e. The minimum atomic E-state index is -0.548. The molecule has 0 spiro atoms. The highest BCUT2D eigenvalue weighted by Crippen LogP contribution is 2.32. The molecule has 1 aromatic heterocycles. The Labute approximate surface area is 126 Å². The van der Waals surface area contributed by atoms with Crippen molar-refractivity contribution in [3.63, 3.8) is 0 Å². The molecule has 1 N–H and O–H groups in total. The van der Waals surface area contributed by atoms with Crippen molar-refractivity contribution >= 4 is 17.6 Å². The molecule has 6 heteroatoms. The fourth-order valence-corrected chi connectivity index (χ4v) is 2.30. The van der Waals surface area contributed by atoms with Gasteiger partial charge in [-0.2, -0.15) is 0 Å². The molecule has 0 aliphatic carbocycles. The number of nitrogens with zero attached hydrogens (tertiary/aromatic N) is 1. The van der Waals surface area contributed by atoms with Crippen LogP contribution in [0.5, 0.6) is 0 Å². The first-order chi connectivity index (χ1) is 10.6. The van der Waals surface area contributed by atoms with E-state index in [4.69, 9.17) is 4.74 Å². The molecule has 1 aliphatic heterocycles. The van der Waals surface area contributed by atoms with E-state index in [0.717, 1.165) is 0 Å². The molecule has 22 heavy (non-hydrogen) atoms. The summed E-state index contributed by atoms with van der Waals surface area (Å²) in [5.41, 5.74) is 0.889. The zero-order chi connectivity index (χ0) is 15.5. The van der Waals surface area contributed by atoms with Gasteiger partial charge < -0.3 is 10.1 Å². The highest BCUT2D eigenvalue weighted by molar-refractivity contribution is 6.02. The Bertz CT molecular complexity index is 719. The number of halogens is 1. The highest BCUT2D eigenvalue weighted by Gasteiger charge is 2.27. The van der Waals surface area contributed by atoms with E-state index in [2.05, 4.69) is 10.3 Å². The minimum Gasteiger partial charge on any atom is -0.457 e. The van der Waals surface area contributed by atoms with Crippen LogP contribution in [-0.2, 0) is 9.53 Å². The molecule has 1 fully saturated rings. The Kier molecular flexibility index (Phi) is 3.82. The van der Waals surface area contributed by atoms with Crippen LogP contribution in [-0.4, -0.2) is 16.9 Å². The zero-order valence-electron chi connectivity index (χ0n) is 11.6. The molecule has 0 saturated carbocycles. The Hall–Kier alpha value is -2.76. The lowest BCUT2D eigenvalue weighted by Gasteiger charge is -2.12. The van der Waals surface area contributed by atoms with Crippen LogP contribution in [0.4, 0.5) is 10.1 Å². The van der Waals surface area contributed by atoms with Gasteiger partial charge in [0.15, 0.2) is 0 Å². The van der Waals surface area contributed by atoms with E-state index in [1.54, 1.807) is 24.3 Å². The molecule has 1 atom stereocenters. The second-order valence-electron chi connectivity index (χ2n) is 4.92. The number of pyridine rings is 1. The van der Waals surface area contributed by atoms with Crippen LogP contribution in [0.3, 0.4) is 0 Å². The number of hydrogen-bond acceptors (Lipinski definition) is 4. The lowest BCUT2D eigenvalue weighted by atomic mass is 10.1. The number of nitrogens with one attached hydrogen (secondary N) is 1. The third-order valence-electron chi connectivity index (χ3n) is 3.39. The van der Waals surface area contributed by atoms with Gasteiger partial charge in [0, 0.05) is 23.9 Å². The van der Waals surface area contributed by atoms with Gasteiger partial charge in [0.1, 0.15) is 17.6 Å². The number of cyclic esters (lactones) is 1. The molecule has 2 heterocycles. The number of amides is 1. The number of carbonyl (C=O) groups excluding carboxylic acids is 2. The summed E-state index contributed by atoms with van der Waals surface area (Å²) < 4.78 is 19.2. The maximum Gasteiger partial charge on any atom is 0.306 e. The first-order valence-electron chi connectivity index (χ1n) is 6.85. The number of ether oxygens (including phenoxy) is 1. The number of carbonyl (C=O) groups is 2. The molecule has 1 amide bonds. The van der Waals surface area contributed by atoms with Crippen molar-refractivity contribution in [2.24, 2.45) is 0 Å². The van der Waals surface area contributed by atoms with Gasteiger partial charge in [-0.3, -0.25) is 14.6 Å². The van der Waals surface area contributed by atoms with Gasteiger partial charge in [0.05, 0.1) is 0 Å². The molecule has 5 nitrogen and oxygen atoms in total. The summed E-state index contributed by atoms with van der Waals surface area (Å²) in [6.07, 6.45) is 1.72. The van der Waals surface area contributed by atoms with Crippen LogP contribution in [0.1, 0.15) is 35.0 Å². The van der Waals surface area contributed by atoms with Crippen LogP contribution in [0, 0.1) is 5.82 Å². The van der Waals surface area contributed by atoms with Gasteiger partial charge in [-0.1, -0.05) is 12.1 Å². The van der Waals surface area contributed by atoms with E-state index in [9.17, 15) is 14.0 Å². The monoisotopic (exact) mass is 300 g/mol. The summed E-state index contributed by atoms with van der Waals surface area (Å²) in [6.45, 7) is 0. The third kappa shape index (κ3) is 2.95. The van der Waals surface area contributed by atoms with Gasteiger partial charge >= 0.3 is 5.97 Å². The molecule has 0 bridgehead atoms. The normalized spacial score (nSPS) is 17.1. The van der Waals surface area contributed by atoms with E-state index in [1.807, 2.05) is 0 Å². The van der Waals surface area contributed by atoms with Crippen molar-refractivity contribution in [2.75, 3.05) is 5.32 Å². The Morgan fingerprint density at radius 1 is 1.32 bits per heavy atom. The number of benzene rings is 1. The van der Waals surface area contributed by atoms with Crippen molar-refractivity contribution in [3.8, 4) is 0 Å². The van der Waals surface area contributed by atoms with Crippen molar-refractivity contribution in [1.82, 2.24) is 4.98 Å². The van der Waals surface area contributed by atoms with Crippen molar-refractivity contribution < 1.29 is 18.7 Å². The average Bonchev–Trinajstić information content (AvgIpc) is 2.94. The molecule has 112 valence electrons. The Morgan fingerprint density at radius 2 is 2.18 bits per heavy atom. The van der Waals surface area contributed by atoms with Crippen LogP contribution in [0.25, 0.3) is 0 Å². The topological polar surface area (TPSA) is 68.3 Å². The van der Waals surface area contributed by atoms with E-state index < -0.39 is 17.8 Å². The second kappa shape index (κ2) is 5.93. The molecular formula is C16H13FN2O3. The lowest BCUT2D eigenvalue weighted by molar-refractivity contribution is -0.141. The van der Waals surface area contributed by atoms with Crippen LogP contribution in [0.2, 0.25) is 0 Å². The molecule has 2 aromatic rings. The molecule has 0 radical (unpaired) electrons. The molecule has 3 rings (SSSR count). The first-order valence-corrected chi connectivity index (χ1v) is 6.85. The van der Waals surface area contributed by atoms with E-state index in [1.165, 1.54) is 18.3 Å². The van der Waals surface area contributed by atoms with E-state index in [0.29, 0.717) is 24.1 Å². The lowest BCUT2D eigenvalue weighted by Crippen LogP contribution is -2.13.